The number of rotatable bonds is 4. The van der Waals surface area contributed by atoms with Crippen molar-refractivity contribution in [2.24, 2.45) is 13.0 Å². The van der Waals surface area contributed by atoms with E-state index in [2.05, 4.69) is 10.4 Å². The highest BCUT2D eigenvalue weighted by atomic mass is 16.1. The molecule has 0 aliphatic rings. The van der Waals surface area contributed by atoms with Gasteiger partial charge < -0.3 is 5.32 Å². The number of aryl methyl sites for hydroxylation is 1. The lowest BCUT2D eigenvalue weighted by molar-refractivity contribution is -0.125. The van der Waals surface area contributed by atoms with Crippen LogP contribution in [-0.4, -0.2) is 15.7 Å². The number of nitrogens with zero attached hydrogens (tertiary/aromatic N) is 2. The Morgan fingerprint density at radius 2 is 2.27 bits per heavy atom. The maximum absolute atomic E-state index is 11.6. The fourth-order valence-electron chi connectivity index (χ4n) is 1.29. The van der Waals surface area contributed by atoms with Gasteiger partial charge in [-0.3, -0.25) is 9.48 Å². The summed E-state index contributed by atoms with van der Waals surface area (Å²) in [6.45, 7) is 5.92. The summed E-state index contributed by atoms with van der Waals surface area (Å²) in [6, 6.07) is 0.0280. The van der Waals surface area contributed by atoms with Gasteiger partial charge in [-0.2, -0.15) is 5.10 Å². The Balaban J connectivity index is 2.56. The normalized spacial score (nSPS) is 14.7. The summed E-state index contributed by atoms with van der Waals surface area (Å²) >= 11 is 0. The maximum atomic E-state index is 11.6. The lowest BCUT2D eigenvalue weighted by atomic mass is 10.1. The van der Waals surface area contributed by atoms with Crippen LogP contribution >= 0.6 is 0 Å². The molecule has 0 spiro atoms. The number of nitrogens with one attached hydrogen (secondary N) is 1. The zero-order valence-corrected chi connectivity index (χ0v) is 9.82. The molecule has 1 aromatic rings. The van der Waals surface area contributed by atoms with E-state index >= 15 is 0 Å². The summed E-state index contributed by atoms with van der Waals surface area (Å²) in [5.74, 6) is 0.179. The molecule has 0 aliphatic heterocycles. The quantitative estimate of drug-likeness (QED) is 0.819. The number of carbonyl (C=O) groups is 1. The van der Waals surface area contributed by atoms with Crippen molar-refractivity contribution in [1.82, 2.24) is 15.1 Å². The van der Waals surface area contributed by atoms with E-state index < -0.39 is 0 Å². The zero-order valence-electron chi connectivity index (χ0n) is 9.82. The van der Waals surface area contributed by atoms with E-state index in [1.807, 2.05) is 34.0 Å². The third-order valence-electron chi connectivity index (χ3n) is 2.64. The molecule has 0 radical (unpaired) electrons. The van der Waals surface area contributed by atoms with E-state index in [0.29, 0.717) is 0 Å². The molecule has 0 fully saturated rings. The van der Waals surface area contributed by atoms with Gasteiger partial charge in [0.25, 0.3) is 0 Å². The molecule has 0 aliphatic carbocycles. The fourth-order valence-corrected chi connectivity index (χ4v) is 1.29. The molecule has 84 valence electrons. The van der Waals surface area contributed by atoms with Crippen LogP contribution in [0, 0.1) is 5.92 Å². The molecule has 15 heavy (non-hydrogen) atoms. The van der Waals surface area contributed by atoms with E-state index in [-0.39, 0.29) is 17.9 Å². The molecule has 0 bridgehead atoms. The van der Waals surface area contributed by atoms with Crippen LogP contribution in [0.4, 0.5) is 0 Å². The molecule has 1 amide bonds. The molecule has 0 saturated heterocycles. The zero-order chi connectivity index (χ0) is 11.4. The highest BCUT2D eigenvalue weighted by Gasteiger charge is 2.15. The molecule has 1 heterocycles. The van der Waals surface area contributed by atoms with E-state index in [1.165, 1.54) is 0 Å². The third kappa shape index (κ3) is 3.08. The third-order valence-corrected chi connectivity index (χ3v) is 2.64. The number of amides is 1. The Morgan fingerprint density at radius 1 is 1.60 bits per heavy atom. The minimum Gasteiger partial charge on any atom is -0.349 e. The second-order valence-electron chi connectivity index (χ2n) is 3.99. The second kappa shape index (κ2) is 4.96. The van der Waals surface area contributed by atoms with Crippen molar-refractivity contribution in [3.63, 3.8) is 0 Å². The Bertz CT molecular complexity index is 332. The molecular formula is C11H19N3O. The molecule has 0 aromatic carbocycles. The average Bonchev–Trinajstić information content (AvgIpc) is 2.63. The molecule has 1 aromatic heterocycles. The number of hydrogen-bond acceptors (Lipinski definition) is 2. The van der Waals surface area contributed by atoms with Gasteiger partial charge in [-0.15, -0.1) is 0 Å². The van der Waals surface area contributed by atoms with Gasteiger partial charge >= 0.3 is 0 Å². The molecular weight excluding hydrogens is 190 g/mol. The van der Waals surface area contributed by atoms with Crippen LogP contribution < -0.4 is 5.32 Å². The summed E-state index contributed by atoms with van der Waals surface area (Å²) in [5, 5.41) is 7.04. The van der Waals surface area contributed by atoms with Gasteiger partial charge in [0.15, 0.2) is 0 Å². The Kier molecular flexibility index (Phi) is 3.88. The van der Waals surface area contributed by atoms with Crippen LogP contribution in [0.3, 0.4) is 0 Å². The first-order chi connectivity index (χ1) is 7.04. The van der Waals surface area contributed by atoms with E-state index in [9.17, 15) is 4.79 Å². The fraction of sp³-hybridized carbons (Fsp3) is 0.636. The van der Waals surface area contributed by atoms with Crippen molar-refractivity contribution in [2.75, 3.05) is 0 Å². The topological polar surface area (TPSA) is 46.9 Å². The molecule has 4 heteroatoms. The molecule has 0 saturated carbocycles. The first-order valence-electron chi connectivity index (χ1n) is 5.33. The van der Waals surface area contributed by atoms with Crippen LogP contribution in [0.15, 0.2) is 12.4 Å². The average molecular weight is 209 g/mol. The van der Waals surface area contributed by atoms with E-state index in [0.717, 1.165) is 12.0 Å². The smallest absolute Gasteiger partial charge is 0.223 e. The highest BCUT2D eigenvalue weighted by Crippen LogP contribution is 2.11. The van der Waals surface area contributed by atoms with Gasteiger partial charge in [0, 0.05) is 24.7 Å². The number of aromatic nitrogens is 2. The molecule has 1 N–H and O–H groups in total. The molecule has 4 nitrogen and oxygen atoms in total. The van der Waals surface area contributed by atoms with Crippen molar-refractivity contribution in [3.05, 3.63) is 18.0 Å². The first kappa shape index (κ1) is 11.8. The minimum atomic E-state index is 0.0280. The van der Waals surface area contributed by atoms with Crippen molar-refractivity contribution in [1.29, 1.82) is 0 Å². The minimum absolute atomic E-state index is 0.0280. The van der Waals surface area contributed by atoms with E-state index in [4.69, 9.17) is 0 Å². The van der Waals surface area contributed by atoms with Crippen LogP contribution in [0.5, 0.6) is 0 Å². The van der Waals surface area contributed by atoms with Gasteiger partial charge in [0.2, 0.25) is 5.91 Å². The van der Waals surface area contributed by atoms with Crippen molar-refractivity contribution in [2.45, 2.75) is 33.2 Å². The van der Waals surface area contributed by atoms with Crippen LogP contribution in [0.2, 0.25) is 0 Å². The van der Waals surface area contributed by atoms with Gasteiger partial charge in [-0.25, -0.2) is 0 Å². The summed E-state index contributed by atoms with van der Waals surface area (Å²) in [5.41, 5.74) is 1.04. The Hall–Kier alpha value is -1.32. The molecule has 1 rings (SSSR count). The van der Waals surface area contributed by atoms with Gasteiger partial charge in [-0.1, -0.05) is 13.8 Å². The number of hydrogen-bond donors (Lipinski definition) is 1. The van der Waals surface area contributed by atoms with Gasteiger partial charge in [0.05, 0.1) is 12.2 Å². The van der Waals surface area contributed by atoms with Crippen molar-refractivity contribution < 1.29 is 4.79 Å². The predicted molar refractivity (Wildman–Crippen MR) is 59.2 cm³/mol. The molecule has 2 atom stereocenters. The first-order valence-corrected chi connectivity index (χ1v) is 5.33. The van der Waals surface area contributed by atoms with Crippen LogP contribution in [-0.2, 0) is 11.8 Å². The predicted octanol–water partition coefficient (Wildman–Crippen LogP) is 1.64. The summed E-state index contributed by atoms with van der Waals surface area (Å²) in [6.07, 6.45) is 4.56. The van der Waals surface area contributed by atoms with Gasteiger partial charge in [0.1, 0.15) is 0 Å². The van der Waals surface area contributed by atoms with Crippen LogP contribution in [0.25, 0.3) is 0 Å². The largest absolute Gasteiger partial charge is 0.349 e. The van der Waals surface area contributed by atoms with E-state index in [1.54, 1.807) is 10.9 Å². The standard InChI is InChI=1S/C11H19N3O/c1-5-8(2)11(15)13-9(3)10-6-12-14(4)7-10/h6-9H,5H2,1-4H3,(H,13,15). The maximum Gasteiger partial charge on any atom is 0.223 e. The Labute approximate surface area is 90.7 Å². The summed E-state index contributed by atoms with van der Waals surface area (Å²) < 4.78 is 1.74. The lowest BCUT2D eigenvalue weighted by Crippen LogP contribution is -2.31. The lowest BCUT2D eigenvalue weighted by Gasteiger charge is -2.15. The summed E-state index contributed by atoms with van der Waals surface area (Å²) in [7, 11) is 1.87. The van der Waals surface area contributed by atoms with Gasteiger partial charge in [-0.05, 0) is 13.3 Å². The van der Waals surface area contributed by atoms with Crippen molar-refractivity contribution in [3.8, 4) is 0 Å². The van der Waals surface area contributed by atoms with Crippen molar-refractivity contribution >= 4 is 5.91 Å². The highest BCUT2D eigenvalue weighted by molar-refractivity contribution is 5.78. The van der Waals surface area contributed by atoms with Crippen LogP contribution in [0.1, 0.15) is 38.8 Å². The summed E-state index contributed by atoms with van der Waals surface area (Å²) in [4.78, 5) is 11.6. The number of carbonyl (C=O) groups excluding carboxylic acids is 1. The Morgan fingerprint density at radius 3 is 2.73 bits per heavy atom. The monoisotopic (exact) mass is 209 g/mol. The second-order valence-corrected chi connectivity index (χ2v) is 3.99. The molecule has 2 unspecified atom stereocenters. The SMILES string of the molecule is CCC(C)C(=O)NC(C)c1cnn(C)c1.